The van der Waals surface area contributed by atoms with Gasteiger partial charge in [0.15, 0.2) is 0 Å². The van der Waals surface area contributed by atoms with Crippen molar-refractivity contribution >= 4 is 45.0 Å². The lowest BCUT2D eigenvalue weighted by Gasteiger charge is -2.03. The molecule has 4 heteroatoms. The third-order valence-electron chi connectivity index (χ3n) is 3.62. The van der Waals surface area contributed by atoms with Gasteiger partial charge in [-0.05, 0) is 30.3 Å². The van der Waals surface area contributed by atoms with E-state index in [9.17, 15) is 0 Å². The van der Waals surface area contributed by atoms with E-state index in [4.69, 9.17) is 28.2 Å². The number of pyridine rings is 1. The highest BCUT2D eigenvalue weighted by molar-refractivity contribution is 6.36. The number of halogens is 2. The zero-order valence-electron chi connectivity index (χ0n) is 10.9. The Labute approximate surface area is 131 Å². The average molecular weight is 313 g/mol. The summed E-state index contributed by atoms with van der Waals surface area (Å²) in [5, 5.41) is 3.45. The van der Waals surface area contributed by atoms with Gasteiger partial charge in [-0.15, -0.1) is 0 Å². The normalized spacial score (nSPS) is 11.3. The van der Waals surface area contributed by atoms with Crippen LogP contribution in [0.1, 0.15) is 0 Å². The lowest BCUT2D eigenvalue weighted by Crippen LogP contribution is -1.84. The second kappa shape index (κ2) is 4.76. The maximum absolute atomic E-state index is 6.20. The molecule has 1 N–H and O–H groups in total. The number of benzene rings is 2. The summed E-state index contributed by atoms with van der Waals surface area (Å²) in [5.41, 5.74) is 3.76. The van der Waals surface area contributed by atoms with Crippen LogP contribution in [-0.2, 0) is 0 Å². The van der Waals surface area contributed by atoms with Crippen LogP contribution in [0.3, 0.4) is 0 Å². The number of hydrogen-bond acceptors (Lipinski definition) is 1. The lowest BCUT2D eigenvalue weighted by molar-refractivity contribution is 1.40. The Hall–Kier alpha value is -2.03. The van der Waals surface area contributed by atoms with Crippen molar-refractivity contribution in [3.05, 3.63) is 64.8 Å². The van der Waals surface area contributed by atoms with E-state index >= 15 is 0 Å². The van der Waals surface area contributed by atoms with Crippen molar-refractivity contribution in [1.82, 2.24) is 9.97 Å². The molecule has 0 amide bonds. The summed E-state index contributed by atoms with van der Waals surface area (Å²) in [5.74, 6) is 0. The molecule has 0 spiro atoms. The Morgan fingerprint density at radius 3 is 2.52 bits per heavy atom. The van der Waals surface area contributed by atoms with Gasteiger partial charge in [0.1, 0.15) is 0 Å². The van der Waals surface area contributed by atoms with Crippen LogP contribution in [0.4, 0.5) is 0 Å². The van der Waals surface area contributed by atoms with Crippen molar-refractivity contribution in [2.24, 2.45) is 0 Å². The summed E-state index contributed by atoms with van der Waals surface area (Å²) in [6.07, 6.45) is 1.94. The standard InChI is InChI=1S/C17H10Cl2N2/c18-13-4-2-6-15-11(13)7-8-16(21-15)12-9-20-17-10(12)3-1-5-14(17)19/h1-9,20H. The number of aromatic nitrogens is 2. The molecule has 0 fully saturated rings. The molecule has 2 heterocycles. The van der Waals surface area contributed by atoms with E-state index in [-0.39, 0.29) is 0 Å². The smallest absolute Gasteiger partial charge is 0.0731 e. The highest BCUT2D eigenvalue weighted by Gasteiger charge is 2.10. The van der Waals surface area contributed by atoms with Crippen molar-refractivity contribution in [2.45, 2.75) is 0 Å². The first kappa shape index (κ1) is 12.7. The molecular formula is C17H10Cl2N2. The van der Waals surface area contributed by atoms with Gasteiger partial charge in [0.25, 0.3) is 0 Å². The molecular weight excluding hydrogens is 303 g/mol. The molecule has 2 aromatic carbocycles. The lowest BCUT2D eigenvalue weighted by atomic mass is 10.1. The van der Waals surface area contributed by atoms with Crippen molar-refractivity contribution < 1.29 is 0 Å². The molecule has 0 saturated carbocycles. The minimum Gasteiger partial charge on any atom is -0.359 e. The number of nitrogens with zero attached hydrogens (tertiary/aromatic N) is 1. The number of nitrogens with one attached hydrogen (secondary N) is 1. The van der Waals surface area contributed by atoms with Gasteiger partial charge < -0.3 is 4.98 Å². The number of fused-ring (bicyclic) bond motifs is 2. The van der Waals surface area contributed by atoms with Gasteiger partial charge in [-0.1, -0.05) is 41.4 Å². The predicted octanol–water partition coefficient (Wildman–Crippen LogP) is 5.69. The Morgan fingerprint density at radius 2 is 1.62 bits per heavy atom. The van der Waals surface area contributed by atoms with Gasteiger partial charge in [0, 0.05) is 27.6 Å². The van der Waals surface area contributed by atoms with E-state index in [0.717, 1.165) is 33.1 Å². The summed E-state index contributed by atoms with van der Waals surface area (Å²) in [7, 11) is 0. The summed E-state index contributed by atoms with van der Waals surface area (Å²) < 4.78 is 0. The van der Waals surface area contributed by atoms with Crippen molar-refractivity contribution in [3.8, 4) is 11.3 Å². The first-order valence-electron chi connectivity index (χ1n) is 6.55. The molecule has 0 atom stereocenters. The Balaban J connectivity index is 1.98. The third kappa shape index (κ3) is 1.99. The van der Waals surface area contributed by atoms with E-state index < -0.39 is 0 Å². The Bertz CT molecular complexity index is 973. The highest BCUT2D eigenvalue weighted by atomic mass is 35.5. The molecule has 0 unspecified atom stereocenters. The minimum atomic E-state index is 0.711. The van der Waals surface area contributed by atoms with E-state index in [2.05, 4.69) is 4.98 Å². The Kier molecular flexibility index (Phi) is 2.88. The molecule has 0 bridgehead atoms. The molecule has 21 heavy (non-hydrogen) atoms. The summed E-state index contributed by atoms with van der Waals surface area (Å²) in [6.45, 7) is 0. The summed E-state index contributed by atoms with van der Waals surface area (Å²) >= 11 is 12.4. The van der Waals surface area contributed by atoms with E-state index in [1.54, 1.807) is 0 Å². The number of hydrogen-bond donors (Lipinski definition) is 1. The van der Waals surface area contributed by atoms with Crippen molar-refractivity contribution in [2.75, 3.05) is 0 Å². The quantitative estimate of drug-likeness (QED) is 0.480. The fourth-order valence-corrected chi connectivity index (χ4v) is 3.06. The van der Waals surface area contributed by atoms with Crippen LogP contribution < -0.4 is 0 Å². The molecule has 102 valence electrons. The fourth-order valence-electron chi connectivity index (χ4n) is 2.60. The van der Waals surface area contributed by atoms with Gasteiger partial charge in [-0.2, -0.15) is 0 Å². The number of aromatic amines is 1. The molecule has 4 aromatic rings. The predicted molar refractivity (Wildman–Crippen MR) is 89.1 cm³/mol. The largest absolute Gasteiger partial charge is 0.359 e. The molecule has 0 aliphatic rings. The van der Waals surface area contributed by atoms with E-state index in [1.807, 2.05) is 54.7 Å². The molecule has 0 aliphatic heterocycles. The van der Waals surface area contributed by atoms with E-state index in [1.165, 1.54) is 0 Å². The van der Waals surface area contributed by atoms with Gasteiger partial charge >= 0.3 is 0 Å². The van der Waals surface area contributed by atoms with Gasteiger partial charge in [0.05, 0.1) is 21.7 Å². The molecule has 0 aliphatic carbocycles. The van der Waals surface area contributed by atoms with Gasteiger partial charge in [0.2, 0.25) is 0 Å². The number of H-pyrrole nitrogens is 1. The maximum Gasteiger partial charge on any atom is 0.0731 e. The monoisotopic (exact) mass is 312 g/mol. The summed E-state index contributed by atoms with van der Waals surface area (Å²) in [4.78, 5) is 7.93. The second-order valence-corrected chi connectivity index (χ2v) is 5.68. The fraction of sp³-hybridized carbons (Fsp3) is 0. The van der Waals surface area contributed by atoms with Crippen LogP contribution in [0, 0.1) is 0 Å². The molecule has 0 saturated heterocycles. The van der Waals surface area contributed by atoms with Crippen LogP contribution in [0.15, 0.2) is 54.7 Å². The Morgan fingerprint density at radius 1 is 0.810 bits per heavy atom. The van der Waals surface area contributed by atoms with Crippen LogP contribution >= 0.6 is 23.2 Å². The first-order chi connectivity index (χ1) is 10.2. The van der Waals surface area contributed by atoms with Gasteiger partial charge in [-0.25, -0.2) is 4.98 Å². The topological polar surface area (TPSA) is 28.7 Å². The zero-order chi connectivity index (χ0) is 14.4. The number of para-hydroxylation sites is 1. The van der Waals surface area contributed by atoms with E-state index in [0.29, 0.717) is 10.0 Å². The van der Waals surface area contributed by atoms with Crippen LogP contribution in [0.2, 0.25) is 10.0 Å². The average Bonchev–Trinajstić information content (AvgIpc) is 2.92. The highest BCUT2D eigenvalue weighted by Crippen LogP contribution is 2.32. The van der Waals surface area contributed by atoms with Crippen molar-refractivity contribution in [3.63, 3.8) is 0 Å². The minimum absolute atomic E-state index is 0.711. The maximum atomic E-state index is 6.20. The SMILES string of the molecule is Clc1cccc2nc(-c3c[nH]c4c(Cl)cccc34)ccc12. The van der Waals surface area contributed by atoms with Crippen LogP contribution in [0.25, 0.3) is 33.1 Å². The second-order valence-electron chi connectivity index (χ2n) is 4.87. The van der Waals surface area contributed by atoms with Crippen LogP contribution in [0.5, 0.6) is 0 Å². The third-order valence-corrected chi connectivity index (χ3v) is 4.26. The molecule has 0 radical (unpaired) electrons. The van der Waals surface area contributed by atoms with Crippen LogP contribution in [-0.4, -0.2) is 9.97 Å². The first-order valence-corrected chi connectivity index (χ1v) is 7.31. The van der Waals surface area contributed by atoms with Crippen molar-refractivity contribution in [1.29, 1.82) is 0 Å². The van der Waals surface area contributed by atoms with Gasteiger partial charge in [-0.3, -0.25) is 0 Å². The summed E-state index contributed by atoms with van der Waals surface area (Å²) in [6, 6.07) is 15.6. The molecule has 2 aromatic heterocycles. The molecule has 4 rings (SSSR count). The zero-order valence-corrected chi connectivity index (χ0v) is 12.4. The molecule has 2 nitrogen and oxygen atoms in total. The number of rotatable bonds is 1.